The molecule has 36 heavy (non-hydrogen) atoms. The molecule has 186 valence electrons. The van der Waals surface area contributed by atoms with Crippen molar-refractivity contribution >= 4 is 17.5 Å². The molecule has 0 unspecified atom stereocenters. The van der Waals surface area contributed by atoms with E-state index >= 15 is 0 Å². The zero-order valence-corrected chi connectivity index (χ0v) is 20.8. The lowest BCUT2D eigenvalue weighted by atomic mass is 9.86. The predicted molar refractivity (Wildman–Crippen MR) is 139 cm³/mol. The summed E-state index contributed by atoms with van der Waals surface area (Å²) in [7, 11) is 1.62. The predicted octanol–water partition coefficient (Wildman–Crippen LogP) is 5.45. The van der Waals surface area contributed by atoms with Crippen LogP contribution in [0, 0.1) is 0 Å². The zero-order valence-electron chi connectivity index (χ0n) is 20.8. The number of amides is 2. The number of methoxy groups -OCH3 is 1. The van der Waals surface area contributed by atoms with Gasteiger partial charge in [0.25, 0.3) is 5.91 Å². The maximum Gasteiger partial charge on any atom is 0.264 e. The molecule has 0 saturated heterocycles. The van der Waals surface area contributed by atoms with Gasteiger partial charge in [-0.15, -0.1) is 0 Å². The SMILES string of the molecule is CC[C@H]1Oc2ccc(NC(=O)Cc3ccc(OC)cc3)cc2CN([C@H]2CCCc3ccccc32)C1=O. The second-order valence-electron chi connectivity index (χ2n) is 9.48. The lowest BCUT2D eigenvalue weighted by Gasteiger charge is -2.36. The van der Waals surface area contributed by atoms with Gasteiger partial charge in [0.05, 0.1) is 26.1 Å². The highest BCUT2D eigenvalue weighted by Gasteiger charge is 2.36. The van der Waals surface area contributed by atoms with E-state index in [-0.39, 0.29) is 24.3 Å². The number of benzene rings is 3. The van der Waals surface area contributed by atoms with Gasteiger partial charge in [-0.1, -0.05) is 43.3 Å². The molecule has 1 N–H and O–H groups in total. The Morgan fingerprint density at radius 3 is 2.67 bits per heavy atom. The number of carbonyl (C=O) groups excluding carboxylic acids is 2. The second kappa shape index (κ2) is 10.4. The molecule has 6 heteroatoms. The molecular formula is C30H32N2O4. The second-order valence-corrected chi connectivity index (χ2v) is 9.48. The van der Waals surface area contributed by atoms with Crippen LogP contribution in [0.1, 0.15) is 54.5 Å². The van der Waals surface area contributed by atoms with Crippen molar-refractivity contribution in [2.75, 3.05) is 12.4 Å². The molecule has 6 nitrogen and oxygen atoms in total. The molecular weight excluding hydrogens is 452 g/mol. The van der Waals surface area contributed by atoms with Gasteiger partial charge in [-0.05, 0) is 72.7 Å². The number of nitrogens with one attached hydrogen (secondary N) is 1. The molecule has 1 aliphatic carbocycles. The van der Waals surface area contributed by atoms with Crippen LogP contribution in [0.3, 0.4) is 0 Å². The fourth-order valence-electron chi connectivity index (χ4n) is 5.25. The summed E-state index contributed by atoms with van der Waals surface area (Å²) in [5, 5.41) is 3.01. The van der Waals surface area contributed by atoms with Gasteiger partial charge in [0.1, 0.15) is 11.5 Å². The summed E-state index contributed by atoms with van der Waals surface area (Å²) in [6, 6.07) is 21.6. The Morgan fingerprint density at radius 1 is 1.08 bits per heavy atom. The van der Waals surface area contributed by atoms with E-state index in [1.54, 1.807) is 7.11 Å². The number of carbonyl (C=O) groups is 2. The number of fused-ring (bicyclic) bond motifs is 2. The van der Waals surface area contributed by atoms with Crippen LogP contribution in [0.4, 0.5) is 5.69 Å². The molecule has 1 aliphatic heterocycles. The highest BCUT2D eigenvalue weighted by Crippen LogP contribution is 2.39. The van der Waals surface area contributed by atoms with Gasteiger partial charge in [0.15, 0.2) is 6.10 Å². The van der Waals surface area contributed by atoms with Crippen LogP contribution in [0.5, 0.6) is 11.5 Å². The van der Waals surface area contributed by atoms with Gasteiger partial charge >= 0.3 is 0 Å². The van der Waals surface area contributed by atoms with Crippen LogP contribution in [-0.2, 0) is 29.0 Å². The largest absolute Gasteiger partial charge is 0.497 e. The Hall–Kier alpha value is -3.80. The summed E-state index contributed by atoms with van der Waals surface area (Å²) in [6.07, 6.45) is 3.38. The monoisotopic (exact) mass is 484 g/mol. The van der Waals surface area contributed by atoms with Crippen molar-refractivity contribution in [3.63, 3.8) is 0 Å². The van der Waals surface area contributed by atoms with Crippen molar-refractivity contribution in [3.05, 3.63) is 89.0 Å². The van der Waals surface area contributed by atoms with E-state index in [2.05, 4.69) is 29.6 Å². The number of anilines is 1. The molecule has 0 fully saturated rings. The van der Waals surface area contributed by atoms with E-state index in [1.165, 1.54) is 11.1 Å². The fraction of sp³-hybridized carbons (Fsp3) is 0.333. The van der Waals surface area contributed by atoms with E-state index in [0.717, 1.165) is 36.1 Å². The summed E-state index contributed by atoms with van der Waals surface area (Å²) < 4.78 is 11.4. The first-order valence-electron chi connectivity index (χ1n) is 12.7. The molecule has 2 atom stereocenters. The summed E-state index contributed by atoms with van der Waals surface area (Å²) in [6.45, 7) is 2.43. The summed E-state index contributed by atoms with van der Waals surface area (Å²) in [4.78, 5) is 28.3. The molecule has 0 spiro atoms. The van der Waals surface area contributed by atoms with E-state index in [0.29, 0.717) is 24.4 Å². The standard InChI is InChI=1S/C30H32N2O4/c1-3-27-30(34)32(26-10-6-8-21-7-4-5-9-25(21)26)19-22-18-23(13-16-28(22)36-27)31-29(33)17-20-11-14-24(35-2)15-12-20/h4-5,7,9,11-16,18,26-27H,3,6,8,10,17,19H2,1-2H3,(H,31,33)/t26-,27+/m0/s1. The third kappa shape index (κ3) is 4.94. The molecule has 5 rings (SSSR count). The van der Waals surface area contributed by atoms with Crippen LogP contribution >= 0.6 is 0 Å². The number of hydrogen-bond acceptors (Lipinski definition) is 4. The van der Waals surface area contributed by atoms with Gasteiger partial charge in [-0.3, -0.25) is 9.59 Å². The summed E-state index contributed by atoms with van der Waals surface area (Å²) in [5.74, 6) is 1.39. The quantitative estimate of drug-likeness (QED) is 0.505. The van der Waals surface area contributed by atoms with E-state index in [9.17, 15) is 9.59 Å². The van der Waals surface area contributed by atoms with Crippen LogP contribution in [0.2, 0.25) is 0 Å². The Morgan fingerprint density at radius 2 is 1.89 bits per heavy atom. The first kappa shape index (κ1) is 23.9. The molecule has 2 aliphatic rings. The van der Waals surface area contributed by atoms with Crippen molar-refractivity contribution in [3.8, 4) is 11.5 Å². The average Bonchev–Trinajstić information content (AvgIpc) is 3.04. The normalized spacial score (nSPS) is 18.9. The molecule has 1 heterocycles. The van der Waals surface area contributed by atoms with Gasteiger partial charge in [-0.2, -0.15) is 0 Å². The summed E-state index contributed by atoms with van der Waals surface area (Å²) in [5.41, 5.74) is 5.07. The molecule has 2 amide bonds. The minimum Gasteiger partial charge on any atom is -0.497 e. The van der Waals surface area contributed by atoms with Crippen LogP contribution in [-0.4, -0.2) is 29.9 Å². The van der Waals surface area contributed by atoms with Crippen molar-refractivity contribution in [1.82, 2.24) is 4.90 Å². The van der Waals surface area contributed by atoms with Gasteiger partial charge in [0, 0.05) is 11.3 Å². The number of aryl methyl sites for hydroxylation is 1. The highest BCUT2D eigenvalue weighted by atomic mass is 16.5. The first-order chi connectivity index (χ1) is 17.6. The van der Waals surface area contributed by atoms with Crippen LogP contribution in [0.15, 0.2) is 66.7 Å². The molecule has 0 saturated carbocycles. The lowest BCUT2D eigenvalue weighted by molar-refractivity contribution is -0.141. The maximum atomic E-state index is 13.6. The minimum absolute atomic E-state index is 0.0272. The Bertz CT molecular complexity index is 1250. The number of hydrogen-bond donors (Lipinski definition) is 1. The van der Waals surface area contributed by atoms with Crippen molar-refractivity contribution in [2.24, 2.45) is 0 Å². The van der Waals surface area contributed by atoms with Gasteiger partial charge in [-0.25, -0.2) is 0 Å². The summed E-state index contributed by atoms with van der Waals surface area (Å²) >= 11 is 0. The van der Waals surface area contributed by atoms with E-state index in [1.807, 2.05) is 54.3 Å². The number of rotatable bonds is 6. The maximum absolute atomic E-state index is 13.6. The Kier molecular flexibility index (Phi) is 6.94. The van der Waals surface area contributed by atoms with Gasteiger partial charge < -0.3 is 19.7 Å². The Labute approximate surface area is 212 Å². The minimum atomic E-state index is -0.518. The third-order valence-corrected chi connectivity index (χ3v) is 7.12. The van der Waals surface area contributed by atoms with Gasteiger partial charge in [0.2, 0.25) is 5.91 Å². The van der Waals surface area contributed by atoms with Crippen LogP contribution in [0.25, 0.3) is 0 Å². The smallest absolute Gasteiger partial charge is 0.264 e. The topological polar surface area (TPSA) is 67.9 Å². The Balaban J connectivity index is 1.38. The molecule has 0 aromatic heterocycles. The highest BCUT2D eigenvalue weighted by molar-refractivity contribution is 5.92. The zero-order chi connectivity index (χ0) is 25.1. The van der Waals surface area contributed by atoms with E-state index in [4.69, 9.17) is 9.47 Å². The van der Waals surface area contributed by atoms with Crippen molar-refractivity contribution in [1.29, 1.82) is 0 Å². The van der Waals surface area contributed by atoms with Crippen molar-refractivity contribution in [2.45, 2.75) is 57.7 Å². The number of nitrogens with zero attached hydrogens (tertiary/aromatic N) is 1. The molecule has 0 radical (unpaired) electrons. The fourth-order valence-corrected chi connectivity index (χ4v) is 5.25. The number of ether oxygens (including phenoxy) is 2. The first-order valence-corrected chi connectivity index (χ1v) is 12.7. The van der Waals surface area contributed by atoms with Crippen LogP contribution < -0.4 is 14.8 Å². The third-order valence-electron chi connectivity index (χ3n) is 7.12. The molecule has 0 bridgehead atoms. The molecule has 3 aromatic carbocycles. The molecule has 3 aromatic rings. The average molecular weight is 485 g/mol. The van der Waals surface area contributed by atoms with E-state index < -0.39 is 6.10 Å². The lowest BCUT2D eigenvalue weighted by Crippen LogP contribution is -2.42. The van der Waals surface area contributed by atoms with Crippen molar-refractivity contribution < 1.29 is 19.1 Å².